The highest BCUT2D eigenvalue weighted by Crippen LogP contribution is 2.22. The minimum absolute atomic E-state index is 0.154. The minimum Gasteiger partial charge on any atom is -0.477 e. The molecule has 0 saturated carbocycles. The summed E-state index contributed by atoms with van der Waals surface area (Å²) in [5, 5.41) is 13.9. The number of benzene rings is 2. The molecule has 0 spiro atoms. The number of hydrogen-bond donors (Lipinski definition) is 1. The number of carboxylic acids is 1. The molecule has 4 nitrogen and oxygen atoms in total. The lowest BCUT2D eigenvalue weighted by Crippen LogP contribution is -2.07. The molecule has 1 aromatic heterocycles. The standard InChI is InChI=1S/C18H16N2O2/c1-12-6-8-14(9-7-12)16-11-17(18(21)22)20(19-16)15-5-3-4-13(2)10-15/h3-11H,1-2H3,(H,21,22). The highest BCUT2D eigenvalue weighted by Gasteiger charge is 2.16. The van der Waals surface area contributed by atoms with Crippen LogP contribution in [0.4, 0.5) is 0 Å². The quantitative estimate of drug-likeness (QED) is 0.797. The third kappa shape index (κ3) is 2.63. The summed E-state index contributed by atoms with van der Waals surface area (Å²) in [5.74, 6) is -0.993. The Kier molecular flexibility index (Phi) is 3.51. The molecule has 3 rings (SSSR count). The average molecular weight is 292 g/mol. The van der Waals surface area contributed by atoms with Crippen molar-refractivity contribution in [1.82, 2.24) is 9.78 Å². The lowest BCUT2D eigenvalue weighted by atomic mass is 10.1. The second kappa shape index (κ2) is 5.48. The van der Waals surface area contributed by atoms with Gasteiger partial charge >= 0.3 is 5.97 Å². The number of carbonyl (C=O) groups is 1. The molecule has 22 heavy (non-hydrogen) atoms. The van der Waals surface area contributed by atoms with Crippen molar-refractivity contribution in [3.8, 4) is 16.9 Å². The summed E-state index contributed by atoms with van der Waals surface area (Å²) in [6, 6.07) is 17.1. The molecule has 0 aliphatic heterocycles. The van der Waals surface area contributed by atoms with Gasteiger partial charge in [-0.3, -0.25) is 0 Å². The Balaban J connectivity index is 2.14. The van der Waals surface area contributed by atoms with Gasteiger partial charge in [-0.15, -0.1) is 0 Å². The Morgan fingerprint density at radius 3 is 2.36 bits per heavy atom. The van der Waals surface area contributed by atoms with Crippen LogP contribution in [0.5, 0.6) is 0 Å². The number of aryl methyl sites for hydroxylation is 2. The molecule has 0 aliphatic rings. The van der Waals surface area contributed by atoms with Crippen LogP contribution in [-0.2, 0) is 0 Å². The minimum atomic E-state index is -0.993. The molecule has 0 saturated heterocycles. The summed E-state index contributed by atoms with van der Waals surface area (Å²) >= 11 is 0. The predicted molar refractivity (Wildman–Crippen MR) is 85.4 cm³/mol. The zero-order chi connectivity index (χ0) is 15.7. The summed E-state index contributed by atoms with van der Waals surface area (Å²) in [6.45, 7) is 3.98. The summed E-state index contributed by atoms with van der Waals surface area (Å²) in [4.78, 5) is 11.5. The van der Waals surface area contributed by atoms with Gasteiger partial charge in [0, 0.05) is 5.56 Å². The fraction of sp³-hybridized carbons (Fsp3) is 0.111. The zero-order valence-corrected chi connectivity index (χ0v) is 12.4. The molecule has 4 heteroatoms. The van der Waals surface area contributed by atoms with E-state index in [4.69, 9.17) is 0 Å². The molecular weight excluding hydrogens is 276 g/mol. The van der Waals surface area contributed by atoms with Gasteiger partial charge in [0.15, 0.2) is 5.69 Å². The zero-order valence-electron chi connectivity index (χ0n) is 12.4. The fourth-order valence-corrected chi connectivity index (χ4v) is 2.36. The van der Waals surface area contributed by atoms with Crippen LogP contribution in [0.15, 0.2) is 54.6 Å². The van der Waals surface area contributed by atoms with Gasteiger partial charge in [-0.05, 0) is 37.6 Å². The van der Waals surface area contributed by atoms with Crippen molar-refractivity contribution in [2.45, 2.75) is 13.8 Å². The number of nitrogens with zero attached hydrogens (tertiary/aromatic N) is 2. The largest absolute Gasteiger partial charge is 0.477 e. The normalized spacial score (nSPS) is 10.6. The molecule has 1 N–H and O–H groups in total. The molecule has 3 aromatic rings. The maximum Gasteiger partial charge on any atom is 0.354 e. The molecule has 0 atom stereocenters. The number of aromatic nitrogens is 2. The summed E-state index contributed by atoms with van der Waals surface area (Å²) in [5.41, 5.74) is 4.66. The first-order valence-electron chi connectivity index (χ1n) is 7.02. The van der Waals surface area contributed by atoms with Gasteiger partial charge in [0.25, 0.3) is 0 Å². The highest BCUT2D eigenvalue weighted by atomic mass is 16.4. The maximum absolute atomic E-state index is 11.5. The van der Waals surface area contributed by atoms with E-state index >= 15 is 0 Å². The van der Waals surface area contributed by atoms with Crippen LogP contribution < -0.4 is 0 Å². The summed E-state index contributed by atoms with van der Waals surface area (Å²) < 4.78 is 1.48. The SMILES string of the molecule is Cc1ccc(-c2cc(C(=O)O)n(-c3cccc(C)c3)n2)cc1. The lowest BCUT2D eigenvalue weighted by Gasteiger charge is -2.05. The Hall–Kier alpha value is -2.88. The van der Waals surface area contributed by atoms with Crippen LogP contribution in [-0.4, -0.2) is 20.9 Å². The van der Waals surface area contributed by atoms with E-state index in [9.17, 15) is 9.90 Å². The maximum atomic E-state index is 11.5. The Morgan fingerprint density at radius 2 is 1.73 bits per heavy atom. The Labute approximate surface area is 128 Å². The second-order valence-electron chi connectivity index (χ2n) is 5.34. The van der Waals surface area contributed by atoms with Crippen molar-refractivity contribution in [3.05, 3.63) is 71.4 Å². The van der Waals surface area contributed by atoms with Crippen molar-refractivity contribution in [1.29, 1.82) is 0 Å². The molecule has 110 valence electrons. The fourth-order valence-electron chi connectivity index (χ4n) is 2.36. The lowest BCUT2D eigenvalue weighted by molar-refractivity contribution is 0.0687. The monoisotopic (exact) mass is 292 g/mol. The van der Waals surface area contributed by atoms with E-state index in [-0.39, 0.29) is 5.69 Å². The molecule has 0 amide bonds. The first-order chi connectivity index (χ1) is 10.5. The summed E-state index contributed by atoms with van der Waals surface area (Å²) in [7, 11) is 0. The molecule has 0 aliphatic carbocycles. The van der Waals surface area contributed by atoms with Gasteiger partial charge in [-0.2, -0.15) is 5.10 Å². The van der Waals surface area contributed by atoms with Gasteiger partial charge in [0.2, 0.25) is 0 Å². The first kappa shape index (κ1) is 14.1. The Bertz CT molecular complexity index is 833. The van der Waals surface area contributed by atoms with Gasteiger partial charge in [-0.1, -0.05) is 42.0 Å². The van der Waals surface area contributed by atoms with Crippen molar-refractivity contribution < 1.29 is 9.90 Å². The van der Waals surface area contributed by atoms with Crippen LogP contribution in [0.25, 0.3) is 16.9 Å². The van der Waals surface area contributed by atoms with Crippen LogP contribution in [0.3, 0.4) is 0 Å². The van der Waals surface area contributed by atoms with Crippen molar-refractivity contribution >= 4 is 5.97 Å². The van der Waals surface area contributed by atoms with E-state index in [1.54, 1.807) is 6.07 Å². The van der Waals surface area contributed by atoms with Gasteiger partial charge < -0.3 is 5.11 Å². The summed E-state index contributed by atoms with van der Waals surface area (Å²) in [6.07, 6.45) is 0. The van der Waals surface area contributed by atoms with Crippen LogP contribution in [0.1, 0.15) is 21.6 Å². The van der Waals surface area contributed by atoms with E-state index < -0.39 is 5.97 Å². The first-order valence-corrected chi connectivity index (χ1v) is 7.02. The van der Waals surface area contributed by atoms with E-state index in [1.165, 1.54) is 4.68 Å². The van der Waals surface area contributed by atoms with Crippen molar-refractivity contribution in [2.75, 3.05) is 0 Å². The number of hydrogen-bond acceptors (Lipinski definition) is 2. The van der Waals surface area contributed by atoms with E-state index in [1.807, 2.05) is 62.4 Å². The number of carboxylic acid groups (broad SMARTS) is 1. The highest BCUT2D eigenvalue weighted by molar-refractivity contribution is 5.88. The van der Waals surface area contributed by atoms with Crippen molar-refractivity contribution in [2.24, 2.45) is 0 Å². The van der Waals surface area contributed by atoms with E-state index in [0.29, 0.717) is 5.69 Å². The molecule has 0 radical (unpaired) electrons. The van der Waals surface area contributed by atoms with Crippen LogP contribution in [0, 0.1) is 13.8 Å². The number of rotatable bonds is 3. The Morgan fingerprint density at radius 1 is 1.00 bits per heavy atom. The van der Waals surface area contributed by atoms with Crippen LogP contribution >= 0.6 is 0 Å². The smallest absolute Gasteiger partial charge is 0.354 e. The third-order valence-corrected chi connectivity index (χ3v) is 3.52. The molecule has 0 bridgehead atoms. The van der Waals surface area contributed by atoms with Gasteiger partial charge in [0.05, 0.1) is 11.4 Å². The second-order valence-corrected chi connectivity index (χ2v) is 5.34. The third-order valence-electron chi connectivity index (χ3n) is 3.52. The van der Waals surface area contributed by atoms with Gasteiger partial charge in [0.1, 0.15) is 0 Å². The van der Waals surface area contributed by atoms with E-state index in [0.717, 1.165) is 22.4 Å². The molecular formula is C18H16N2O2. The molecule has 0 unspecified atom stereocenters. The number of aromatic carboxylic acids is 1. The molecule has 0 fully saturated rings. The molecule has 2 aromatic carbocycles. The van der Waals surface area contributed by atoms with Crippen molar-refractivity contribution in [3.63, 3.8) is 0 Å². The van der Waals surface area contributed by atoms with Crippen LogP contribution in [0.2, 0.25) is 0 Å². The van der Waals surface area contributed by atoms with E-state index in [2.05, 4.69) is 5.10 Å². The van der Waals surface area contributed by atoms with Gasteiger partial charge in [-0.25, -0.2) is 9.48 Å². The topological polar surface area (TPSA) is 55.1 Å². The molecule has 1 heterocycles. The average Bonchev–Trinajstić information content (AvgIpc) is 2.93. The predicted octanol–water partition coefficient (Wildman–Crippen LogP) is 3.85.